The molecule has 3 rings (SSSR count). The molecule has 5 heteroatoms. The first-order valence-corrected chi connectivity index (χ1v) is 8.27. The number of aliphatic hydroxyl groups excluding tert-OH is 1. The summed E-state index contributed by atoms with van der Waals surface area (Å²) < 4.78 is 13.0. The van der Waals surface area contributed by atoms with Crippen molar-refractivity contribution in [1.82, 2.24) is 10.3 Å². The quantitative estimate of drug-likeness (QED) is 0.887. The average Bonchev–Trinajstić information content (AvgIpc) is 3.03. The average molecular weight is 328 g/mol. The number of aliphatic hydroxyl groups is 1. The van der Waals surface area contributed by atoms with Gasteiger partial charge in [-0.15, -0.1) is 0 Å². The summed E-state index contributed by atoms with van der Waals surface area (Å²) in [6, 6.07) is 9.95. The van der Waals surface area contributed by atoms with Gasteiger partial charge in [0.2, 0.25) is 0 Å². The van der Waals surface area contributed by atoms with E-state index >= 15 is 0 Å². The summed E-state index contributed by atoms with van der Waals surface area (Å²) >= 11 is 0. The van der Waals surface area contributed by atoms with Crippen molar-refractivity contribution in [3.63, 3.8) is 0 Å². The molecule has 2 N–H and O–H groups in total. The molecule has 1 aliphatic rings. The lowest BCUT2D eigenvalue weighted by molar-refractivity contribution is 0.0922. The van der Waals surface area contributed by atoms with E-state index in [9.17, 15) is 9.18 Å². The van der Waals surface area contributed by atoms with E-state index in [4.69, 9.17) is 5.11 Å². The molecule has 0 saturated heterocycles. The standard InChI is InChI=1S/C19H21FN2O2/c20-16-6-4-13(5-7-16)10-15-2-1-3-17(15)22-19(24)18-11-14(12-23)8-9-21-18/h4-9,11,15,17,23H,1-3,10,12H2,(H,22,24). The lowest BCUT2D eigenvalue weighted by Crippen LogP contribution is -2.38. The van der Waals surface area contributed by atoms with Crippen molar-refractivity contribution in [3.8, 4) is 0 Å². The van der Waals surface area contributed by atoms with E-state index in [0.29, 0.717) is 17.2 Å². The Morgan fingerprint density at radius 2 is 2.00 bits per heavy atom. The van der Waals surface area contributed by atoms with Gasteiger partial charge in [-0.3, -0.25) is 9.78 Å². The first-order valence-electron chi connectivity index (χ1n) is 8.27. The minimum absolute atomic E-state index is 0.0992. The number of carbonyl (C=O) groups excluding carboxylic acids is 1. The highest BCUT2D eigenvalue weighted by Crippen LogP contribution is 2.29. The van der Waals surface area contributed by atoms with Crippen LogP contribution in [0.5, 0.6) is 0 Å². The summed E-state index contributed by atoms with van der Waals surface area (Å²) in [7, 11) is 0. The van der Waals surface area contributed by atoms with Crippen LogP contribution in [0.3, 0.4) is 0 Å². The molecular formula is C19H21FN2O2. The number of hydrogen-bond donors (Lipinski definition) is 2. The minimum atomic E-state index is -0.232. The van der Waals surface area contributed by atoms with Gasteiger partial charge in [-0.2, -0.15) is 0 Å². The van der Waals surface area contributed by atoms with Crippen LogP contribution in [0.15, 0.2) is 42.6 Å². The number of aromatic nitrogens is 1. The molecule has 24 heavy (non-hydrogen) atoms. The second-order valence-corrected chi connectivity index (χ2v) is 6.31. The van der Waals surface area contributed by atoms with Gasteiger partial charge in [-0.1, -0.05) is 18.6 Å². The summed E-state index contributed by atoms with van der Waals surface area (Å²) in [5.74, 6) is -0.0911. The molecular weight excluding hydrogens is 307 g/mol. The Hall–Kier alpha value is -2.27. The van der Waals surface area contributed by atoms with Gasteiger partial charge < -0.3 is 10.4 Å². The van der Waals surface area contributed by atoms with Crippen molar-refractivity contribution in [1.29, 1.82) is 0 Å². The van der Waals surface area contributed by atoms with Gasteiger partial charge in [0.25, 0.3) is 5.91 Å². The SMILES string of the molecule is O=C(NC1CCCC1Cc1ccc(F)cc1)c1cc(CO)ccn1. The molecule has 2 aromatic rings. The summed E-state index contributed by atoms with van der Waals surface area (Å²) in [5.41, 5.74) is 2.08. The number of nitrogens with zero attached hydrogens (tertiary/aromatic N) is 1. The molecule has 1 aliphatic carbocycles. The molecule has 0 bridgehead atoms. The van der Waals surface area contributed by atoms with Crippen LogP contribution in [0.1, 0.15) is 40.9 Å². The van der Waals surface area contributed by atoms with Crippen molar-refractivity contribution in [3.05, 3.63) is 65.2 Å². The summed E-state index contributed by atoms with van der Waals surface area (Å²) in [5, 5.41) is 12.2. The molecule has 1 saturated carbocycles. The monoisotopic (exact) mass is 328 g/mol. The Kier molecular flexibility index (Phi) is 5.20. The van der Waals surface area contributed by atoms with E-state index in [0.717, 1.165) is 31.2 Å². The summed E-state index contributed by atoms with van der Waals surface area (Å²) in [6.45, 7) is -0.112. The predicted octanol–water partition coefficient (Wildman–Crippen LogP) is 2.85. The maximum atomic E-state index is 13.0. The topological polar surface area (TPSA) is 62.2 Å². The van der Waals surface area contributed by atoms with Gasteiger partial charge in [0.05, 0.1) is 6.61 Å². The molecule has 0 spiro atoms. The van der Waals surface area contributed by atoms with E-state index in [1.54, 1.807) is 24.3 Å². The van der Waals surface area contributed by atoms with Gasteiger partial charge >= 0.3 is 0 Å². The van der Waals surface area contributed by atoms with Crippen molar-refractivity contribution >= 4 is 5.91 Å². The van der Waals surface area contributed by atoms with Crippen molar-refractivity contribution in [2.75, 3.05) is 0 Å². The number of carbonyl (C=O) groups is 1. The van der Waals surface area contributed by atoms with Gasteiger partial charge in [-0.05, 0) is 60.6 Å². The van der Waals surface area contributed by atoms with Crippen molar-refractivity contribution in [2.24, 2.45) is 5.92 Å². The van der Waals surface area contributed by atoms with Crippen molar-refractivity contribution in [2.45, 2.75) is 38.3 Å². The molecule has 1 aromatic carbocycles. The molecule has 1 fully saturated rings. The van der Waals surface area contributed by atoms with Gasteiger partial charge in [0, 0.05) is 12.2 Å². The number of pyridine rings is 1. The van der Waals surface area contributed by atoms with Crippen LogP contribution in [0, 0.1) is 11.7 Å². The fourth-order valence-corrected chi connectivity index (χ4v) is 3.33. The number of benzene rings is 1. The van der Waals surface area contributed by atoms with Crippen LogP contribution in [0.2, 0.25) is 0 Å². The van der Waals surface area contributed by atoms with Crippen LogP contribution in [0.4, 0.5) is 4.39 Å². The molecule has 1 amide bonds. The third-order valence-corrected chi connectivity index (χ3v) is 4.63. The fraction of sp³-hybridized carbons (Fsp3) is 0.368. The minimum Gasteiger partial charge on any atom is -0.392 e. The summed E-state index contributed by atoms with van der Waals surface area (Å²) in [6.07, 6.45) is 5.42. The molecule has 4 nitrogen and oxygen atoms in total. The van der Waals surface area contributed by atoms with Crippen LogP contribution >= 0.6 is 0 Å². The highest BCUT2D eigenvalue weighted by atomic mass is 19.1. The normalized spacial score (nSPS) is 20.1. The highest BCUT2D eigenvalue weighted by molar-refractivity contribution is 5.92. The number of nitrogens with one attached hydrogen (secondary N) is 1. The van der Waals surface area contributed by atoms with Crippen molar-refractivity contribution < 1.29 is 14.3 Å². The Labute approximate surface area is 140 Å². The number of amides is 1. The second kappa shape index (κ2) is 7.53. The Balaban J connectivity index is 1.64. The molecule has 1 heterocycles. The number of halogens is 1. The molecule has 2 atom stereocenters. The third kappa shape index (κ3) is 3.97. The van der Waals surface area contributed by atoms with E-state index in [-0.39, 0.29) is 24.4 Å². The maximum absolute atomic E-state index is 13.0. The smallest absolute Gasteiger partial charge is 0.270 e. The maximum Gasteiger partial charge on any atom is 0.270 e. The van der Waals surface area contributed by atoms with Crippen LogP contribution in [0.25, 0.3) is 0 Å². The molecule has 2 unspecified atom stereocenters. The van der Waals surface area contributed by atoms with Gasteiger partial charge in [0.1, 0.15) is 11.5 Å². The van der Waals surface area contributed by atoms with E-state index < -0.39 is 0 Å². The number of rotatable bonds is 5. The number of hydrogen-bond acceptors (Lipinski definition) is 3. The Bertz CT molecular complexity index is 703. The molecule has 0 radical (unpaired) electrons. The van der Waals surface area contributed by atoms with E-state index in [1.165, 1.54) is 18.3 Å². The summed E-state index contributed by atoms with van der Waals surface area (Å²) in [4.78, 5) is 16.5. The van der Waals surface area contributed by atoms with Crippen LogP contribution in [-0.4, -0.2) is 22.0 Å². The zero-order chi connectivity index (χ0) is 16.9. The first-order chi connectivity index (χ1) is 11.7. The van der Waals surface area contributed by atoms with E-state index in [1.807, 2.05) is 0 Å². The predicted molar refractivity (Wildman–Crippen MR) is 88.9 cm³/mol. The largest absolute Gasteiger partial charge is 0.392 e. The van der Waals surface area contributed by atoms with Crippen LogP contribution in [-0.2, 0) is 13.0 Å². The lowest BCUT2D eigenvalue weighted by Gasteiger charge is -2.21. The fourth-order valence-electron chi connectivity index (χ4n) is 3.33. The van der Waals surface area contributed by atoms with Gasteiger partial charge in [0.15, 0.2) is 0 Å². The highest BCUT2D eigenvalue weighted by Gasteiger charge is 2.29. The molecule has 126 valence electrons. The molecule has 1 aromatic heterocycles. The Morgan fingerprint density at radius 1 is 1.21 bits per heavy atom. The van der Waals surface area contributed by atoms with Crippen LogP contribution < -0.4 is 5.32 Å². The zero-order valence-electron chi connectivity index (χ0n) is 13.4. The zero-order valence-corrected chi connectivity index (χ0v) is 13.4. The first kappa shape index (κ1) is 16.6. The second-order valence-electron chi connectivity index (χ2n) is 6.31. The Morgan fingerprint density at radius 3 is 2.75 bits per heavy atom. The third-order valence-electron chi connectivity index (χ3n) is 4.63. The molecule has 0 aliphatic heterocycles. The lowest BCUT2D eigenvalue weighted by atomic mass is 9.94. The van der Waals surface area contributed by atoms with E-state index in [2.05, 4.69) is 10.3 Å². The van der Waals surface area contributed by atoms with Gasteiger partial charge in [-0.25, -0.2) is 4.39 Å².